The zero-order chi connectivity index (χ0) is 11.8. The summed E-state index contributed by atoms with van der Waals surface area (Å²) < 4.78 is 5.50. The molecule has 2 unspecified atom stereocenters. The van der Waals surface area contributed by atoms with Gasteiger partial charge in [-0.1, -0.05) is 6.07 Å². The first-order valence-corrected chi connectivity index (χ1v) is 6.00. The molecule has 2 aromatic heterocycles. The van der Waals surface area contributed by atoms with Crippen LogP contribution in [-0.2, 0) is 6.42 Å². The first kappa shape index (κ1) is 10.5. The summed E-state index contributed by atoms with van der Waals surface area (Å²) in [6.07, 6.45) is 5.69. The van der Waals surface area contributed by atoms with Crippen molar-refractivity contribution >= 4 is 0 Å². The maximum absolute atomic E-state index is 6.33. The molecule has 2 N–H and O–H groups in total. The van der Waals surface area contributed by atoms with Gasteiger partial charge in [-0.15, -0.1) is 0 Å². The van der Waals surface area contributed by atoms with E-state index in [0.717, 1.165) is 29.9 Å². The van der Waals surface area contributed by atoms with Gasteiger partial charge in [0.2, 0.25) is 0 Å². The maximum atomic E-state index is 6.33. The second kappa shape index (κ2) is 4.00. The standard InChI is InChI=1S/C14H16N2O/c1-9-6-8-17-14(9)12(15)11-5-4-10-3-2-7-16-13(10)11/h2-3,6-8,11-12H,4-5,15H2,1H3. The molecule has 0 spiro atoms. The van der Waals surface area contributed by atoms with Crippen LogP contribution in [0.4, 0.5) is 0 Å². The van der Waals surface area contributed by atoms with Crippen molar-refractivity contribution in [1.82, 2.24) is 4.98 Å². The number of aryl methyl sites for hydroxylation is 2. The van der Waals surface area contributed by atoms with Crippen molar-refractivity contribution < 1.29 is 4.42 Å². The van der Waals surface area contributed by atoms with Gasteiger partial charge < -0.3 is 10.2 Å². The Morgan fingerprint density at radius 2 is 2.35 bits per heavy atom. The number of hydrogen-bond acceptors (Lipinski definition) is 3. The molecule has 17 heavy (non-hydrogen) atoms. The minimum Gasteiger partial charge on any atom is -0.467 e. The molecule has 0 fully saturated rings. The summed E-state index contributed by atoms with van der Waals surface area (Å²) in [5.41, 5.74) is 9.93. The van der Waals surface area contributed by atoms with E-state index in [4.69, 9.17) is 10.2 Å². The lowest BCUT2D eigenvalue weighted by Gasteiger charge is -2.18. The van der Waals surface area contributed by atoms with Crippen LogP contribution in [0.1, 0.15) is 41.0 Å². The summed E-state index contributed by atoms with van der Waals surface area (Å²) in [6.45, 7) is 2.03. The number of nitrogens with zero attached hydrogens (tertiary/aromatic N) is 1. The Bertz CT molecular complexity index is 533. The van der Waals surface area contributed by atoms with Gasteiger partial charge in [0, 0.05) is 17.8 Å². The smallest absolute Gasteiger partial charge is 0.124 e. The molecule has 0 aromatic carbocycles. The van der Waals surface area contributed by atoms with Crippen molar-refractivity contribution in [1.29, 1.82) is 0 Å². The van der Waals surface area contributed by atoms with Gasteiger partial charge in [0.05, 0.1) is 12.3 Å². The molecule has 2 heterocycles. The van der Waals surface area contributed by atoms with E-state index < -0.39 is 0 Å². The molecule has 3 heteroatoms. The van der Waals surface area contributed by atoms with Gasteiger partial charge in [-0.2, -0.15) is 0 Å². The van der Waals surface area contributed by atoms with E-state index in [1.165, 1.54) is 5.56 Å². The van der Waals surface area contributed by atoms with E-state index in [1.807, 2.05) is 25.3 Å². The third-order valence-electron chi connectivity index (χ3n) is 3.64. The lowest BCUT2D eigenvalue weighted by atomic mass is 9.94. The Labute approximate surface area is 101 Å². The second-order valence-corrected chi connectivity index (χ2v) is 4.69. The van der Waals surface area contributed by atoms with Gasteiger partial charge in [0.25, 0.3) is 0 Å². The molecule has 0 aliphatic heterocycles. The van der Waals surface area contributed by atoms with Gasteiger partial charge >= 0.3 is 0 Å². The fraction of sp³-hybridized carbons (Fsp3) is 0.357. The lowest BCUT2D eigenvalue weighted by molar-refractivity contribution is 0.416. The van der Waals surface area contributed by atoms with Crippen molar-refractivity contribution in [3.05, 3.63) is 53.2 Å². The highest BCUT2D eigenvalue weighted by Crippen LogP contribution is 2.39. The van der Waals surface area contributed by atoms with E-state index in [9.17, 15) is 0 Å². The fourth-order valence-electron chi connectivity index (χ4n) is 2.70. The minimum atomic E-state index is -0.0823. The first-order chi connectivity index (χ1) is 8.27. The van der Waals surface area contributed by atoms with Crippen LogP contribution in [0.25, 0.3) is 0 Å². The maximum Gasteiger partial charge on any atom is 0.124 e. The van der Waals surface area contributed by atoms with E-state index in [2.05, 4.69) is 11.1 Å². The summed E-state index contributed by atoms with van der Waals surface area (Å²) in [7, 11) is 0. The van der Waals surface area contributed by atoms with E-state index >= 15 is 0 Å². The zero-order valence-corrected chi connectivity index (χ0v) is 9.89. The molecular weight excluding hydrogens is 212 g/mol. The summed E-state index contributed by atoms with van der Waals surface area (Å²) in [6, 6.07) is 6.01. The van der Waals surface area contributed by atoms with Crippen LogP contribution in [0.3, 0.4) is 0 Å². The van der Waals surface area contributed by atoms with Crippen LogP contribution >= 0.6 is 0 Å². The molecule has 0 amide bonds. The van der Waals surface area contributed by atoms with Crippen LogP contribution in [0.2, 0.25) is 0 Å². The summed E-state index contributed by atoms with van der Waals surface area (Å²) >= 11 is 0. The van der Waals surface area contributed by atoms with Crippen LogP contribution in [0, 0.1) is 6.92 Å². The first-order valence-electron chi connectivity index (χ1n) is 6.00. The fourth-order valence-corrected chi connectivity index (χ4v) is 2.70. The normalized spacial score (nSPS) is 20.2. The predicted octanol–water partition coefficient (Wildman–Crippen LogP) is 2.71. The van der Waals surface area contributed by atoms with Crippen LogP contribution in [-0.4, -0.2) is 4.98 Å². The van der Waals surface area contributed by atoms with Crippen molar-refractivity contribution in [2.75, 3.05) is 0 Å². The molecular formula is C14H16N2O. The second-order valence-electron chi connectivity index (χ2n) is 4.69. The highest BCUT2D eigenvalue weighted by atomic mass is 16.3. The topological polar surface area (TPSA) is 52.0 Å². The van der Waals surface area contributed by atoms with Crippen LogP contribution < -0.4 is 5.73 Å². The number of furan rings is 1. The summed E-state index contributed by atoms with van der Waals surface area (Å²) in [5.74, 6) is 1.18. The number of nitrogens with two attached hydrogens (primary N) is 1. The number of aromatic nitrogens is 1. The van der Waals surface area contributed by atoms with Gasteiger partial charge in [0.15, 0.2) is 0 Å². The monoisotopic (exact) mass is 228 g/mol. The molecule has 0 saturated carbocycles. The minimum absolute atomic E-state index is 0.0823. The molecule has 0 radical (unpaired) electrons. The molecule has 2 aromatic rings. The average molecular weight is 228 g/mol. The third kappa shape index (κ3) is 1.67. The number of rotatable bonds is 2. The van der Waals surface area contributed by atoms with E-state index in [-0.39, 0.29) is 12.0 Å². The Morgan fingerprint density at radius 1 is 1.47 bits per heavy atom. The van der Waals surface area contributed by atoms with Gasteiger partial charge in [-0.3, -0.25) is 4.98 Å². The Hall–Kier alpha value is -1.61. The van der Waals surface area contributed by atoms with Crippen molar-refractivity contribution in [2.45, 2.75) is 31.7 Å². The van der Waals surface area contributed by atoms with E-state index in [1.54, 1.807) is 6.26 Å². The molecule has 3 nitrogen and oxygen atoms in total. The van der Waals surface area contributed by atoms with Crippen LogP contribution in [0.5, 0.6) is 0 Å². The zero-order valence-electron chi connectivity index (χ0n) is 9.89. The third-order valence-corrected chi connectivity index (χ3v) is 3.64. The highest BCUT2D eigenvalue weighted by Gasteiger charge is 2.31. The Morgan fingerprint density at radius 3 is 3.12 bits per heavy atom. The SMILES string of the molecule is Cc1ccoc1C(N)C1CCc2cccnc21. The molecule has 2 atom stereocenters. The van der Waals surface area contributed by atoms with Gasteiger partial charge in [-0.25, -0.2) is 0 Å². The number of hydrogen-bond donors (Lipinski definition) is 1. The van der Waals surface area contributed by atoms with Crippen LogP contribution in [0.15, 0.2) is 35.1 Å². The molecule has 1 aliphatic rings. The molecule has 3 rings (SSSR count). The average Bonchev–Trinajstić information content (AvgIpc) is 2.94. The molecule has 0 saturated heterocycles. The highest BCUT2D eigenvalue weighted by molar-refractivity contribution is 5.32. The lowest BCUT2D eigenvalue weighted by Crippen LogP contribution is -2.19. The Balaban J connectivity index is 1.95. The Kier molecular flexibility index (Phi) is 2.48. The number of pyridine rings is 1. The molecule has 88 valence electrons. The predicted molar refractivity (Wildman–Crippen MR) is 65.7 cm³/mol. The van der Waals surface area contributed by atoms with Crippen molar-refractivity contribution in [2.24, 2.45) is 5.73 Å². The molecule has 0 bridgehead atoms. The van der Waals surface area contributed by atoms with E-state index in [0.29, 0.717) is 0 Å². The number of fused-ring (bicyclic) bond motifs is 1. The van der Waals surface area contributed by atoms with Crippen molar-refractivity contribution in [3.8, 4) is 0 Å². The van der Waals surface area contributed by atoms with Crippen molar-refractivity contribution in [3.63, 3.8) is 0 Å². The van der Waals surface area contributed by atoms with Gasteiger partial charge in [-0.05, 0) is 43.0 Å². The quantitative estimate of drug-likeness (QED) is 0.859. The largest absolute Gasteiger partial charge is 0.467 e. The summed E-state index contributed by atoms with van der Waals surface area (Å²) in [5, 5.41) is 0. The van der Waals surface area contributed by atoms with Gasteiger partial charge in [0.1, 0.15) is 5.76 Å². The molecule has 1 aliphatic carbocycles. The summed E-state index contributed by atoms with van der Waals surface area (Å²) in [4.78, 5) is 4.48.